The van der Waals surface area contributed by atoms with E-state index in [1.165, 1.54) is 13.8 Å². The van der Waals surface area contributed by atoms with Crippen molar-refractivity contribution in [3.05, 3.63) is 42.5 Å². The Bertz CT molecular complexity index is 765. The van der Waals surface area contributed by atoms with Gasteiger partial charge in [-0.2, -0.15) is 0 Å². The van der Waals surface area contributed by atoms with Gasteiger partial charge >= 0.3 is 5.97 Å². The van der Waals surface area contributed by atoms with Gasteiger partial charge in [0.25, 0.3) is 0 Å². The zero-order chi connectivity index (χ0) is 15.6. The molecule has 0 saturated carbocycles. The Kier molecular flexibility index (Phi) is 4.18. The number of carboxylic acid groups (broad SMARTS) is 1. The first-order valence-electron chi connectivity index (χ1n) is 6.61. The maximum atomic E-state index is 12.4. The number of rotatable bonds is 5. The molecule has 112 valence electrons. The minimum Gasteiger partial charge on any atom is -0.480 e. The van der Waals surface area contributed by atoms with Crippen LogP contribution in [0.5, 0.6) is 0 Å². The highest BCUT2D eigenvalue weighted by Gasteiger charge is 2.31. The molecule has 0 aromatic heterocycles. The van der Waals surface area contributed by atoms with E-state index in [2.05, 4.69) is 0 Å². The Morgan fingerprint density at radius 2 is 1.81 bits per heavy atom. The van der Waals surface area contributed by atoms with Crippen molar-refractivity contribution in [3.8, 4) is 0 Å². The van der Waals surface area contributed by atoms with Crippen LogP contribution in [0.15, 0.2) is 42.5 Å². The normalized spacial score (nSPS) is 13.0. The molecule has 0 aliphatic carbocycles. The number of hydrogen-bond acceptors (Lipinski definition) is 3. The maximum absolute atomic E-state index is 12.4. The van der Waals surface area contributed by atoms with Gasteiger partial charge in [-0.3, -0.25) is 4.31 Å². The van der Waals surface area contributed by atoms with Crippen LogP contribution in [0.4, 0.5) is 5.69 Å². The summed E-state index contributed by atoms with van der Waals surface area (Å²) in [5.74, 6) is -1.34. The topological polar surface area (TPSA) is 74.7 Å². The number of anilines is 1. The van der Waals surface area contributed by atoms with Crippen molar-refractivity contribution in [1.29, 1.82) is 0 Å². The van der Waals surface area contributed by atoms with Crippen LogP contribution in [0.3, 0.4) is 0 Å². The van der Waals surface area contributed by atoms with E-state index in [1.807, 2.05) is 18.2 Å². The van der Waals surface area contributed by atoms with Crippen molar-refractivity contribution in [1.82, 2.24) is 0 Å². The zero-order valence-electron chi connectivity index (χ0n) is 11.9. The van der Waals surface area contributed by atoms with Crippen molar-refractivity contribution >= 4 is 32.5 Å². The molecule has 2 aromatic carbocycles. The van der Waals surface area contributed by atoms with Crippen LogP contribution in [0, 0.1) is 0 Å². The molecule has 0 aliphatic rings. The van der Waals surface area contributed by atoms with Gasteiger partial charge in [0.15, 0.2) is 0 Å². The summed E-state index contributed by atoms with van der Waals surface area (Å²) < 4.78 is 25.7. The molecule has 0 radical (unpaired) electrons. The van der Waals surface area contributed by atoms with Gasteiger partial charge in [0.05, 0.1) is 11.4 Å². The predicted octanol–water partition coefficient (Wildman–Crippen LogP) is 2.47. The van der Waals surface area contributed by atoms with Crippen molar-refractivity contribution in [3.63, 3.8) is 0 Å². The molecule has 0 saturated heterocycles. The summed E-state index contributed by atoms with van der Waals surface area (Å²) in [5.41, 5.74) is 0.393. The molecule has 0 bridgehead atoms. The van der Waals surface area contributed by atoms with Gasteiger partial charge in [0, 0.05) is 5.39 Å². The van der Waals surface area contributed by atoms with E-state index in [1.54, 1.807) is 24.3 Å². The second-order valence-electron chi connectivity index (χ2n) is 4.71. The Balaban J connectivity index is 2.73. The average Bonchev–Trinajstić information content (AvgIpc) is 2.47. The predicted molar refractivity (Wildman–Crippen MR) is 83.0 cm³/mol. The van der Waals surface area contributed by atoms with Gasteiger partial charge in [0.2, 0.25) is 10.0 Å². The summed E-state index contributed by atoms with van der Waals surface area (Å²) >= 11 is 0. The molecule has 0 heterocycles. The Labute approximate surface area is 123 Å². The van der Waals surface area contributed by atoms with Crippen LogP contribution in [-0.4, -0.2) is 31.3 Å². The second-order valence-corrected chi connectivity index (χ2v) is 6.84. The van der Waals surface area contributed by atoms with Gasteiger partial charge in [-0.05, 0) is 25.3 Å². The van der Waals surface area contributed by atoms with Crippen LogP contribution >= 0.6 is 0 Å². The molecule has 1 atom stereocenters. The maximum Gasteiger partial charge on any atom is 0.327 e. The molecule has 0 spiro atoms. The summed E-state index contributed by atoms with van der Waals surface area (Å²) in [5, 5.41) is 10.8. The molecule has 1 unspecified atom stereocenters. The first-order valence-corrected chi connectivity index (χ1v) is 8.22. The lowest BCUT2D eigenvalue weighted by molar-refractivity contribution is -0.137. The molecule has 21 heavy (non-hydrogen) atoms. The van der Waals surface area contributed by atoms with E-state index in [-0.39, 0.29) is 5.75 Å². The molecular formula is C15H17NO4S. The fraction of sp³-hybridized carbons (Fsp3) is 0.267. The van der Waals surface area contributed by atoms with Crippen molar-refractivity contribution in [2.24, 2.45) is 0 Å². The number of carbonyl (C=O) groups is 1. The number of sulfonamides is 1. The smallest absolute Gasteiger partial charge is 0.327 e. The molecule has 5 nitrogen and oxygen atoms in total. The standard InChI is InChI=1S/C15H17NO4S/c1-3-21(19,20)16(11(2)15(17)18)14-10-6-8-12-7-4-5-9-13(12)14/h4-11H,3H2,1-2H3,(H,17,18). The highest BCUT2D eigenvalue weighted by atomic mass is 32.2. The molecule has 2 rings (SSSR count). The highest BCUT2D eigenvalue weighted by molar-refractivity contribution is 7.92. The van der Waals surface area contributed by atoms with E-state index in [0.717, 1.165) is 9.69 Å². The van der Waals surface area contributed by atoms with E-state index in [9.17, 15) is 18.3 Å². The number of nitrogens with zero attached hydrogens (tertiary/aromatic N) is 1. The van der Waals surface area contributed by atoms with Gasteiger partial charge in [0.1, 0.15) is 6.04 Å². The molecule has 0 amide bonds. The largest absolute Gasteiger partial charge is 0.480 e. The zero-order valence-corrected chi connectivity index (χ0v) is 12.7. The fourth-order valence-corrected chi connectivity index (χ4v) is 3.55. The molecule has 1 N–H and O–H groups in total. The number of aliphatic carboxylic acids is 1. The van der Waals surface area contributed by atoms with Crippen LogP contribution in [-0.2, 0) is 14.8 Å². The number of hydrogen-bond donors (Lipinski definition) is 1. The summed E-state index contributed by atoms with van der Waals surface area (Å²) in [7, 11) is -3.70. The first kappa shape index (κ1) is 15.3. The quantitative estimate of drug-likeness (QED) is 0.921. The Hall–Kier alpha value is -2.08. The van der Waals surface area contributed by atoms with E-state index >= 15 is 0 Å². The highest BCUT2D eigenvalue weighted by Crippen LogP contribution is 2.30. The third-order valence-corrected chi connectivity index (χ3v) is 5.22. The number of fused-ring (bicyclic) bond motifs is 1. The minimum atomic E-state index is -3.70. The molecule has 2 aromatic rings. The van der Waals surface area contributed by atoms with E-state index in [4.69, 9.17) is 0 Å². The number of carboxylic acids is 1. The summed E-state index contributed by atoms with van der Waals surface area (Å²) in [6, 6.07) is 11.4. The SMILES string of the molecule is CCS(=O)(=O)N(c1cccc2ccccc12)C(C)C(=O)O. The number of benzene rings is 2. The van der Waals surface area contributed by atoms with Crippen molar-refractivity contribution in [2.75, 3.05) is 10.1 Å². The Morgan fingerprint density at radius 3 is 2.43 bits per heavy atom. The Morgan fingerprint density at radius 1 is 1.19 bits per heavy atom. The summed E-state index contributed by atoms with van der Waals surface area (Å²) in [6.07, 6.45) is 0. The van der Waals surface area contributed by atoms with Gasteiger partial charge in [-0.25, -0.2) is 13.2 Å². The lowest BCUT2D eigenvalue weighted by atomic mass is 10.1. The van der Waals surface area contributed by atoms with Crippen LogP contribution in [0.25, 0.3) is 10.8 Å². The lowest BCUT2D eigenvalue weighted by Gasteiger charge is -2.28. The van der Waals surface area contributed by atoms with Crippen LogP contribution in [0.2, 0.25) is 0 Å². The van der Waals surface area contributed by atoms with Crippen LogP contribution in [0.1, 0.15) is 13.8 Å². The monoisotopic (exact) mass is 307 g/mol. The van der Waals surface area contributed by atoms with Crippen molar-refractivity contribution < 1.29 is 18.3 Å². The molecule has 0 aliphatic heterocycles. The van der Waals surface area contributed by atoms with E-state index in [0.29, 0.717) is 11.1 Å². The molecule has 0 fully saturated rings. The third kappa shape index (κ3) is 2.85. The summed E-state index contributed by atoms with van der Waals surface area (Å²) in [4.78, 5) is 11.3. The molecule has 6 heteroatoms. The van der Waals surface area contributed by atoms with Crippen LogP contribution < -0.4 is 4.31 Å². The third-order valence-electron chi connectivity index (χ3n) is 3.38. The summed E-state index contributed by atoms with van der Waals surface area (Å²) in [6.45, 7) is 2.87. The van der Waals surface area contributed by atoms with Gasteiger partial charge < -0.3 is 5.11 Å². The minimum absolute atomic E-state index is 0.159. The second kappa shape index (κ2) is 5.73. The first-order chi connectivity index (χ1) is 9.88. The van der Waals surface area contributed by atoms with Crippen molar-refractivity contribution in [2.45, 2.75) is 19.9 Å². The van der Waals surface area contributed by atoms with E-state index < -0.39 is 22.0 Å². The lowest BCUT2D eigenvalue weighted by Crippen LogP contribution is -2.44. The average molecular weight is 307 g/mol. The molecular weight excluding hydrogens is 290 g/mol. The van der Waals surface area contributed by atoms with Gasteiger partial charge in [-0.15, -0.1) is 0 Å². The van der Waals surface area contributed by atoms with Gasteiger partial charge in [-0.1, -0.05) is 36.4 Å². The fourth-order valence-electron chi connectivity index (χ4n) is 2.24.